The Labute approximate surface area is 197 Å². The van der Waals surface area contributed by atoms with Gasteiger partial charge in [-0.05, 0) is 29.3 Å². The van der Waals surface area contributed by atoms with Gasteiger partial charge >= 0.3 is 12.1 Å². The van der Waals surface area contributed by atoms with E-state index in [0.717, 1.165) is 17.7 Å². The van der Waals surface area contributed by atoms with Crippen LogP contribution in [0.2, 0.25) is 0 Å². The van der Waals surface area contributed by atoms with Gasteiger partial charge in [0.1, 0.15) is 11.9 Å². The molecule has 4 rings (SSSR count). The highest BCUT2D eigenvalue weighted by molar-refractivity contribution is 5.90. The first-order valence-electron chi connectivity index (χ1n) is 11.3. The fourth-order valence-corrected chi connectivity index (χ4v) is 3.98. The predicted octanol–water partition coefficient (Wildman–Crippen LogP) is 2.07. The summed E-state index contributed by atoms with van der Waals surface area (Å²) in [5, 5.41) is 8.71. The molecule has 34 heavy (non-hydrogen) atoms. The fraction of sp³-hybridized carbons (Fsp3) is 0.375. The van der Waals surface area contributed by atoms with Crippen LogP contribution >= 0.6 is 0 Å². The molecule has 3 N–H and O–H groups in total. The molecule has 2 heterocycles. The van der Waals surface area contributed by atoms with E-state index < -0.39 is 18.0 Å². The van der Waals surface area contributed by atoms with Gasteiger partial charge in [-0.25, -0.2) is 14.0 Å². The molecule has 10 heteroatoms. The Balaban J connectivity index is 1.32. The van der Waals surface area contributed by atoms with Gasteiger partial charge in [-0.2, -0.15) is 0 Å². The summed E-state index contributed by atoms with van der Waals surface area (Å²) in [5.41, 5.74) is 2.63. The molecule has 0 spiro atoms. The summed E-state index contributed by atoms with van der Waals surface area (Å²) in [5.74, 6) is -0.645. The van der Waals surface area contributed by atoms with Crippen molar-refractivity contribution in [1.29, 1.82) is 0 Å². The molecule has 1 atom stereocenters. The lowest BCUT2D eigenvalue weighted by molar-refractivity contribution is -0.119. The van der Waals surface area contributed by atoms with Crippen molar-refractivity contribution >= 4 is 23.7 Å². The highest BCUT2D eigenvalue weighted by Crippen LogP contribution is 2.29. The zero-order valence-electron chi connectivity index (χ0n) is 19.0. The first kappa shape index (κ1) is 23.5. The summed E-state index contributed by atoms with van der Waals surface area (Å²) in [6.07, 6.45) is -1.04. The molecule has 0 bridgehead atoms. The van der Waals surface area contributed by atoms with Crippen LogP contribution < -0.4 is 20.9 Å². The van der Waals surface area contributed by atoms with Crippen LogP contribution in [0.1, 0.15) is 12.5 Å². The number of hydrogen-bond acceptors (Lipinski definition) is 5. The van der Waals surface area contributed by atoms with Gasteiger partial charge in [-0.3, -0.25) is 9.69 Å². The van der Waals surface area contributed by atoms with Crippen LogP contribution in [0.15, 0.2) is 42.5 Å². The third kappa shape index (κ3) is 5.63. The van der Waals surface area contributed by atoms with Gasteiger partial charge in [-0.1, -0.05) is 24.3 Å². The summed E-state index contributed by atoms with van der Waals surface area (Å²) < 4.78 is 20.2. The van der Waals surface area contributed by atoms with E-state index in [0.29, 0.717) is 37.4 Å². The first-order valence-corrected chi connectivity index (χ1v) is 11.3. The lowest BCUT2D eigenvalue weighted by Gasteiger charge is -2.15. The molecule has 2 aromatic carbocycles. The van der Waals surface area contributed by atoms with Gasteiger partial charge in [0.15, 0.2) is 0 Å². The van der Waals surface area contributed by atoms with E-state index in [2.05, 4.69) is 16.0 Å². The van der Waals surface area contributed by atoms with Gasteiger partial charge in [-0.15, -0.1) is 0 Å². The predicted molar refractivity (Wildman–Crippen MR) is 125 cm³/mol. The van der Waals surface area contributed by atoms with E-state index in [-0.39, 0.29) is 25.0 Å². The third-order valence-electron chi connectivity index (χ3n) is 5.81. The van der Waals surface area contributed by atoms with Crippen LogP contribution in [0.25, 0.3) is 11.1 Å². The van der Waals surface area contributed by atoms with E-state index in [1.807, 2.05) is 24.3 Å². The second-order valence-corrected chi connectivity index (χ2v) is 8.31. The van der Waals surface area contributed by atoms with E-state index in [9.17, 15) is 18.8 Å². The van der Waals surface area contributed by atoms with Crippen molar-refractivity contribution < 1.29 is 23.5 Å². The largest absolute Gasteiger partial charge is 0.442 e. The van der Waals surface area contributed by atoms with Crippen LogP contribution in [-0.4, -0.2) is 68.3 Å². The molecule has 2 saturated heterocycles. The SMILES string of the molecule is CC(=O)NC[C@H]1CN(c2ccc(-c3ccc(CNCCN4CCNC4=O)cc3)c(F)c2)C(=O)O1. The van der Waals surface area contributed by atoms with Crippen LogP contribution in [0.4, 0.5) is 19.7 Å². The minimum atomic E-state index is -0.565. The summed E-state index contributed by atoms with van der Waals surface area (Å²) in [6.45, 7) is 5.26. The molecule has 2 aliphatic rings. The molecule has 0 saturated carbocycles. The number of rotatable bonds is 9. The lowest BCUT2D eigenvalue weighted by Crippen LogP contribution is -2.34. The average molecular weight is 470 g/mol. The topological polar surface area (TPSA) is 103 Å². The lowest BCUT2D eigenvalue weighted by atomic mass is 10.0. The summed E-state index contributed by atoms with van der Waals surface area (Å²) in [4.78, 5) is 37.9. The Morgan fingerprint density at radius 3 is 2.68 bits per heavy atom. The number of hydrogen-bond donors (Lipinski definition) is 3. The van der Waals surface area contributed by atoms with Crippen molar-refractivity contribution in [2.45, 2.75) is 19.6 Å². The van der Waals surface area contributed by atoms with Gasteiger partial charge in [0.2, 0.25) is 5.91 Å². The van der Waals surface area contributed by atoms with Gasteiger partial charge in [0.05, 0.1) is 18.8 Å². The maximum absolute atomic E-state index is 14.9. The molecule has 4 amide bonds. The minimum Gasteiger partial charge on any atom is -0.442 e. The van der Waals surface area contributed by atoms with Crippen molar-refractivity contribution in [1.82, 2.24) is 20.9 Å². The molecular formula is C24H28FN5O4. The summed E-state index contributed by atoms with van der Waals surface area (Å²) in [7, 11) is 0. The molecule has 0 aliphatic carbocycles. The Bertz CT molecular complexity index is 1060. The Morgan fingerprint density at radius 2 is 2.00 bits per heavy atom. The van der Waals surface area contributed by atoms with Gasteiger partial charge in [0.25, 0.3) is 0 Å². The van der Waals surface area contributed by atoms with Crippen LogP contribution in [0.5, 0.6) is 0 Å². The number of urea groups is 1. The molecule has 2 fully saturated rings. The number of anilines is 1. The molecular weight excluding hydrogens is 441 g/mol. The molecule has 0 aromatic heterocycles. The number of amides is 4. The van der Waals surface area contributed by atoms with E-state index in [1.54, 1.807) is 17.0 Å². The maximum atomic E-state index is 14.9. The molecule has 180 valence electrons. The first-order chi connectivity index (χ1) is 16.4. The zero-order valence-corrected chi connectivity index (χ0v) is 19.0. The fourth-order valence-electron chi connectivity index (χ4n) is 3.98. The number of halogens is 1. The van der Waals surface area contributed by atoms with Crippen molar-refractivity contribution in [2.75, 3.05) is 44.2 Å². The third-order valence-corrected chi connectivity index (χ3v) is 5.81. The summed E-state index contributed by atoms with van der Waals surface area (Å²) >= 11 is 0. The molecule has 0 unspecified atom stereocenters. The summed E-state index contributed by atoms with van der Waals surface area (Å²) in [6, 6.07) is 12.2. The number of carbonyl (C=O) groups is 3. The Kier molecular flexibility index (Phi) is 7.27. The number of nitrogens with zero attached hydrogens (tertiary/aromatic N) is 2. The number of cyclic esters (lactones) is 1. The molecule has 2 aliphatic heterocycles. The van der Waals surface area contributed by atoms with Gasteiger partial charge < -0.3 is 25.6 Å². The number of ether oxygens (including phenoxy) is 1. The monoisotopic (exact) mass is 469 g/mol. The smallest absolute Gasteiger partial charge is 0.414 e. The normalized spacial score (nSPS) is 17.6. The highest BCUT2D eigenvalue weighted by Gasteiger charge is 2.32. The Hall–Kier alpha value is -3.66. The van der Waals surface area contributed by atoms with Crippen LogP contribution in [0, 0.1) is 5.82 Å². The van der Waals surface area contributed by atoms with Crippen molar-refractivity contribution in [3.05, 3.63) is 53.8 Å². The van der Waals surface area contributed by atoms with Crippen molar-refractivity contribution in [3.8, 4) is 11.1 Å². The second kappa shape index (κ2) is 10.5. The van der Waals surface area contributed by atoms with E-state index in [4.69, 9.17) is 4.74 Å². The van der Waals surface area contributed by atoms with Crippen molar-refractivity contribution in [3.63, 3.8) is 0 Å². The quantitative estimate of drug-likeness (QED) is 0.488. The standard InChI is InChI=1S/C24H28FN5O4/c1-16(31)28-14-20-15-30(24(33)34-20)19-6-7-21(22(25)12-19)18-4-2-17(3-5-18)13-26-8-10-29-11-9-27-23(29)32/h2-7,12,20,26H,8-11,13-15H2,1H3,(H,27,32)(H,28,31)/t20-/m0/s1. The number of nitrogens with one attached hydrogen (secondary N) is 3. The molecule has 9 nitrogen and oxygen atoms in total. The average Bonchev–Trinajstić information content (AvgIpc) is 3.40. The molecule has 0 radical (unpaired) electrons. The van der Waals surface area contributed by atoms with Gasteiger partial charge in [0, 0.05) is 45.2 Å². The molecule has 2 aromatic rings. The van der Waals surface area contributed by atoms with Crippen molar-refractivity contribution in [2.24, 2.45) is 0 Å². The highest BCUT2D eigenvalue weighted by atomic mass is 19.1. The second-order valence-electron chi connectivity index (χ2n) is 8.31. The zero-order chi connectivity index (χ0) is 24.1. The minimum absolute atomic E-state index is 0.0226. The van der Waals surface area contributed by atoms with Crippen LogP contribution in [0.3, 0.4) is 0 Å². The van der Waals surface area contributed by atoms with E-state index >= 15 is 0 Å². The van der Waals surface area contributed by atoms with Crippen LogP contribution in [-0.2, 0) is 16.1 Å². The number of carbonyl (C=O) groups excluding carboxylic acids is 3. The number of benzene rings is 2. The Morgan fingerprint density at radius 1 is 1.21 bits per heavy atom. The maximum Gasteiger partial charge on any atom is 0.414 e. The van der Waals surface area contributed by atoms with E-state index in [1.165, 1.54) is 17.9 Å².